The lowest BCUT2D eigenvalue weighted by Gasteiger charge is -2.29. The van der Waals surface area contributed by atoms with Crippen LogP contribution < -0.4 is 10.6 Å². The molecule has 0 aromatic carbocycles. The molecule has 2 aliphatic heterocycles. The van der Waals surface area contributed by atoms with Crippen LogP contribution in [0, 0.1) is 5.92 Å². The Morgan fingerprint density at radius 1 is 1.44 bits per heavy atom. The lowest BCUT2D eigenvalue weighted by molar-refractivity contribution is -0.126. The van der Waals surface area contributed by atoms with Crippen LogP contribution in [0.25, 0.3) is 0 Å². The fraction of sp³-hybridized carbons (Fsp3) is 0.929. The number of piperidine rings is 1. The number of carbonyl (C=O) groups excluding carboxylic acids is 1. The Morgan fingerprint density at radius 3 is 2.78 bits per heavy atom. The predicted octanol–water partition coefficient (Wildman–Crippen LogP) is 0.977. The summed E-state index contributed by atoms with van der Waals surface area (Å²) in [6.45, 7) is 6.24. The van der Waals surface area contributed by atoms with E-state index in [1.807, 2.05) is 6.92 Å². The number of hydrogen-bond donors (Lipinski definition) is 2. The van der Waals surface area contributed by atoms with Crippen molar-refractivity contribution in [3.63, 3.8) is 0 Å². The van der Waals surface area contributed by atoms with E-state index >= 15 is 0 Å². The van der Waals surface area contributed by atoms with E-state index in [4.69, 9.17) is 0 Å². The second-order valence-electron chi connectivity index (χ2n) is 6.15. The van der Waals surface area contributed by atoms with Crippen molar-refractivity contribution in [2.24, 2.45) is 5.92 Å². The zero-order valence-electron chi connectivity index (χ0n) is 11.8. The van der Waals surface area contributed by atoms with Crippen LogP contribution in [0.5, 0.6) is 0 Å². The SMILES string of the molecule is CN1CCC(CCNC(=O)C2(C)CCCN2)CC1. The average molecular weight is 253 g/mol. The molecule has 4 nitrogen and oxygen atoms in total. The third-order valence-electron chi connectivity index (χ3n) is 4.55. The van der Waals surface area contributed by atoms with E-state index in [0.29, 0.717) is 0 Å². The minimum atomic E-state index is -0.313. The fourth-order valence-electron chi connectivity index (χ4n) is 3.02. The van der Waals surface area contributed by atoms with Gasteiger partial charge in [0, 0.05) is 6.54 Å². The van der Waals surface area contributed by atoms with Crippen LogP contribution in [0.4, 0.5) is 0 Å². The van der Waals surface area contributed by atoms with E-state index in [-0.39, 0.29) is 11.4 Å². The van der Waals surface area contributed by atoms with Crippen molar-refractivity contribution in [3.05, 3.63) is 0 Å². The number of amides is 1. The molecule has 0 radical (unpaired) electrons. The zero-order valence-corrected chi connectivity index (χ0v) is 11.8. The lowest BCUT2D eigenvalue weighted by atomic mass is 9.93. The molecule has 0 bridgehead atoms. The number of hydrogen-bond acceptors (Lipinski definition) is 3. The minimum Gasteiger partial charge on any atom is -0.354 e. The summed E-state index contributed by atoms with van der Waals surface area (Å²) in [5.41, 5.74) is -0.313. The van der Waals surface area contributed by atoms with Gasteiger partial charge in [-0.15, -0.1) is 0 Å². The molecule has 1 atom stereocenters. The molecule has 0 aromatic rings. The smallest absolute Gasteiger partial charge is 0.240 e. The molecular formula is C14H27N3O. The van der Waals surface area contributed by atoms with Gasteiger partial charge in [-0.25, -0.2) is 0 Å². The lowest BCUT2D eigenvalue weighted by Crippen LogP contribution is -2.51. The molecule has 1 unspecified atom stereocenters. The summed E-state index contributed by atoms with van der Waals surface area (Å²) < 4.78 is 0. The average Bonchev–Trinajstić information content (AvgIpc) is 2.80. The molecule has 2 heterocycles. The van der Waals surface area contributed by atoms with Gasteiger partial charge < -0.3 is 15.5 Å². The second-order valence-corrected chi connectivity index (χ2v) is 6.15. The normalized spacial score (nSPS) is 30.6. The van der Waals surface area contributed by atoms with Gasteiger partial charge in [0.15, 0.2) is 0 Å². The Bertz CT molecular complexity index is 279. The number of rotatable bonds is 4. The molecule has 18 heavy (non-hydrogen) atoms. The molecule has 4 heteroatoms. The summed E-state index contributed by atoms with van der Waals surface area (Å²) in [7, 11) is 2.19. The summed E-state index contributed by atoms with van der Waals surface area (Å²) in [6.07, 6.45) is 5.77. The summed E-state index contributed by atoms with van der Waals surface area (Å²) in [5.74, 6) is 0.985. The van der Waals surface area contributed by atoms with E-state index in [9.17, 15) is 4.79 Å². The summed E-state index contributed by atoms with van der Waals surface area (Å²) in [6, 6.07) is 0. The second kappa shape index (κ2) is 6.02. The van der Waals surface area contributed by atoms with Crippen molar-refractivity contribution in [1.29, 1.82) is 0 Å². The maximum absolute atomic E-state index is 12.1. The van der Waals surface area contributed by atoms with Crippen LogP contribution in [-0.4, -0.2) is 49.6 Å². The summed E-state index contributed by atoms with van der Waals surface area (Å²) in [5, 5.41) is 6.42. The molecule has 104 valence electrons. The van der Waals surface area contributed by atoms with E-state index in [2.05, 4.69) is 22.6 Å². The number of carbonyl (C=O) groups is 1. The molecule has 2 aliphatic rings. The van der Waals surface area contributed by atoms with Gasteiger partial charge in [0.05, 0.1) is 5.54 Å². The first-order valence-corrected chi connectivity index (χ1v) is 7.32. The van der Waals surface area contributed by atoms with Gasteiger partial charge in [-0.1, -0.05) is 0 Å². The van der Waals surface area contributed by atoms with Gasteiger partial charge in [0.2, 0.25) is 5.91 Å². The number of nitrogens with one attached hydrogen (secondary N) is 2. The van der Waals surface area contributed by atoms with E-state index < -0.39 is 0 Å². The Kier molecular flexibility index (Phi) is 4.62. The topological polar surface area (TPSA) is 44.4 Å². The standard InChI is InChI=1S/C14H27N3O/c1-14(7-3-8-16-14)13(18)15-9-4-12-5-10-17(2)11-6-12/h12,16H,3-11H2,1-2H3,(H,15,18). The highest BCUT2D eigenvalue weighted by molar-refractivity contribution is 5.86. The van der Waals surface area contributed by atoms with E-state index in [0.717, 1.165) is 38.3 Å². The number of likely N-dealkylation sites (tertiary alicyclic amines) is 1. The van der Waals surface area contributed by atoms with Gasteiger partial charge >= 0.3 is 0 Å². The third kappa shape index (κ3) is 3.45. The van der Waals surface area contributed by atoms with Gasteiger partial charge in [-0.3, -0.25) is 4.79 Å². The highest BCUT2D eigenvalue weighted by Crippen LogP contribution is 2.20. The van der Waals surface area contributed by atoms with Crippen molar-refractivity contribution >= 4 is 5.91 Å². The molecule has 1 amide bonds. The molecule has 0 spiro atoms. The van der Waals surface area contributed by atoms with Crippen LogP contribution >= 0.6 is 0 Å². The van der Waals surface area contributed by atoms with Gasteiger partial charge in [-0.05, 0) is 71.6 Å². The van der Waals surface area contributed by atoms with Crippen molar-refractivity contribution in [2.75, 3.05) is 33.2 Å². The van der Waals surface area contributed by atoms with Gasteiger partial charge in [-0.2, -0.15) is 0 Å². The highest BCUT2D eigenvalue weighted by atomic mass is 16.2. The molecule has 0 saturated carbocycles. The summed E-state index contributed by atoms with van der Waals surface area (Å²) >= 11 is 0. The Hall–Kier alpha value is -0.610. The molecular weight excluding hydrogens is 226 g/mol. The largest absolute Gasteiger partial charge is 0.354 e. The van der Waals surface area contributed by atoms with Crippen LogP contribution in [0.15, 0.2) is 0 Å². The van der Waals surface area contributed by atoms with Crippen LogP contribution in [0.1, 0.15) is 39.0 Å². The highest BCUT2D eigenvalue weighted by Gasteiger charge is 2.35. The first-order chi connectivity index (χ1) is 8.60. The third-order valence-corrected chi connectivity index (χ3v) is 4.55. The minimum absolute atomic E-state index is 0.188. The van der Waals surface area contributed by atoms with Crippen LogP contribution in [0.3, 0.4) is 0 Å². The molecule has 2 N–H and O–H groups in total. The fourth-order valence-corrected chi connectivity index (χ4v) is 3.02. The van der Waals surface area contributed by atoms with E-state index in [1.54, 1.807) is 0 Å². The van der Waals surface area contributed by atoms with E-state index in [1.165, 1.54) is 25.9 Å². The molecule has 0 aliphatic carbocycles. The van der Waals surface area contributed by atoms with Crippen molar-refractivity contribution in [3.8, 4) is 0 Å². The first kappa shape index (κ1) is 13.8. The quantitative estimate of drug-likeness (QED) is 0.785. The first-order valence-electron chi connectivity index (χ1n) is 7.32. The van der Waals surface area contributed by atoms with Gasteiger partial charge in [0.25, 0.3) is 0 Å². The summed E-state index contributed by atoms with van der Waals surface area (Å²) in [4.78, 5) is 14.5. The van der Waals surface area contributed by atoms with Gasteiger partial charge in [0.1, 0.15) is 0 Å². The number of nitrogens with zero attached hydrogens (tertiary/aromatic N) is 1. The van der Waals surface area contributed by atoms with Crippen LogP contribution in [-0.2, 0) is 4.79 Å². The van der Waals surface area contributed by atoms with Crippen molar-refractivity contribution in [2.45, 2.75) is 44.6 Å². The Labute approximate surface area is 110 Å². The maximum Gasteiger partial charge on any atom is 0.240 e. The predicted molar refractivity (Wildman–Crippen MR) is 73.5 cm³/mol. The Balaban J connectivity index is 1.64. The maximum atomic E-state index is 12.1. The zero-order chi connectivity index (χ0) is 13.0. The molecule has 2 saturated heterocycles. The van der Waals surface area contributed by atoms with Crippen LogP contribution in [0.2, 0.25) is 0 Å². The monoisotopic (exact) mass is 253 g/mol. The molecule has 0 aromatic heterocycles. The molecule has 2 fully saturated rings. The molecule has 2 rings (SSSR count). The Morgan fingerprint density at radius 2 is 2.17 bits per heavy atom. The van der Waals surface area contributed by atoms with Crippen molar-refractivity contribution in [1.82, 2.24) is 15.5 Å². The van der Waals surface area contributed by atoms with Crippen molar-refractivity contribution < 1.29 is 4.79 Å².